The molecule has 1 amide bonds. The van der Waals surface area contributed by atoms with E-state index in [1.807, 2.05) is 0 Å². The summed E-state index contributed by atoms with van der Waals surface area (Å²) < 4.78 is 10.4. The number of aliphatic carboxylic acids is 1. The van der Waals surface area contributed by atoms with Gasteiger partial charge in [-0.25, -0.2) is 0 Å². The van der Waals surface area contributed by atoms with E-state index in [9.17, 15) is 14.7 Å². The standard InChI is InChI=1S/C18H17NO5/c1-23-11-7-8-13(16(9-11)24-2)17(20)19-10-14(18(21)22)12-5-3-4-6-15(12)19/h3-9,14H,10H2,1-2H3,(H,21,22)/t14-/m1/s1. The summed E-state index contributed by atoms with van der Waals surface area (Å²) in [6.07, 6.45) is 0. The van der Waals surface area contributed by atoms with Gasteiger partial charge in [0, 0.05) is 18.3 Å². The Bertz CT molecular complexity index is 802. The number of carboxylic acids is 1. The first-order valence-electron chi connectivity index (χ1n) is 7.42. The van der Waals surface area contributed by atoms with Gasteiger partial charge in [-0.3, -0.25) is 9.59 Å². The van der Waals surface area contributed by atoms with Crippen LogP contribution in [-0.4, -0.2) is 37.7 Å². The number of anilines is 1. The smallest absolute Gasteiger partial charge is 0.312 e. The van der Waals surface area contributed by atoms with Gasteiger partial charge in [0.25, 0.3) is 5.91 Å². The predicted octanol–water partition coefficient (Wildman–Crippen LogP) is 2.53. The maximum absolute atomic E-state index is 13.0. The molecule has 0 unspecified atom stereocenters. The van der Waals surface area contributed by atoms with Gasteiger partial charge < -0.3 is 19.5 Å². The first-order valence-corrected chi connectivity index (χ1v) is 7.42. The van der Waals surface area contributed by atoms with Crippen molar-refractivity contribution >= 4 is 17.6 Å². The van der Waals surface area contributed by atoms with Crippen LogP contribution in [-0.2, 0) is 4.79 Å². The van der Waals surface area contributed by atoms with Crippen molar-refractivity contribution in [3.05, 3.63) is 53.6 Å². The third-order valence-electron chi connectivity index (χ3n) is 4.15. The Morgan fingerprint density at radius 1 is 1.12 bits per heavy atom. The molecule has 0 saturated heterocycles. The van der Waals surface area contributed by atoms with E-state index in [0.717, 1.165) is 0 Å². The molecule has 2 aromatic rings. The Kier molecular flexibility index (Phi) is 4.12. The normalized spacial score (nSPS) is 15.8. The van der Waals surface area contributed by atoms with Crippen LogP contribution in [0.1, 0.15) is 21.8 Å². The molecule has 0 radical (unpaired) electrons. The van der Waals surface area contributed by atoms with Gasteiger partial charge in [-0.05, 0) is 23.8 Å². The minimum Gasteiger partial charge on any atom is -0.497 e. The molecule has 24 heavy (non-hydrogen) atoms. The van der Waals surface area contributed by atoms with E-state index in [4.69, 9.17) is 9.47 Å². The molecule has 1 aliphatic rings. The summed E-state index contributed by atoms with van der Waals surface area (Å²) in [4.78, 5) is 26.0. The fourth-order valence-electron chi connectivity index (χ4n) is 2.93. The third kappa shape index (κ3) is 2.56. The second kappa shape index (κ2) is 6.23. The van der Waals surface area contributed by atoms with Gasteiger partial charge in [-0.1, -0.05) is 18.2 Å². The largest absolute Gasteiger partial charge is 0.497 e. The van der Waals surface area contributed by atoms with Gasteiger partial charge in [0.05, 0.1) is 19.8 Å². The number of rotatable bonds is 4. The topological polar surface area (TPSA) is 76.1 Å². The van der Waals surface area contributed by atoms with E-state index in [2.05, 4.69) is 0 Å². The van der Waals surface area contributed by atoms with Crippen LogP contribution in [0, 0.1) is 0 Å². The minimum absolute atomic E-state index is 0.0999. The first kappa shape index (κ1) is 15.9. The predicted molar refractivity (Wildman–Crippen MR) is 88.0 cm³/mol. The van der Waals surface area contributed by atoms with Crippen LogP contribution in [0.3, 0.4) is 0 Å². The van der Waals surface area contributed by atoms with Crippen LogP contribution in [0.5, 0.6) is 11.5 Å². The zero-order chi connectivity index (χ0) is 17.3. The van der Waals surface area contributed by atoms with Crippen molar-refractivity contribution in [2.24, 2.45) is 0 Å². The van der Waals surface area contributed by atoms with Gasteiger partial charge in [0.1, 0.15) is 17.4 Å². The molecule has 0 aromatic heterocycles. The summed E-state index contributed by atoms with van der Waals surface area (Å²) in [5.41, 5.74) is 1.62. The monoisotopic (exact) mass is 327 g/mol. The third-order valence-corrected chi connectivity index (χ3v) is 4.15. The molecule has 0 fully saturated rings. The Morgan fingerprint density at radius 3 is 2.54 bits per heavy atom. The zero-order valence-electron chi connectivity index (χ0n) is 13.4. The van der Waals surface area contributed by atoms with Crippen LogP contribution in [0.2, 0.25) is 0 Å². The van der Waals surface area contributed by atoms with E-state index in [0.29, 0.717) is 28.3 Å². The summed E-state index contributed by atoms with van der Waals surface area (Å²) in [7, 11) is 3.01. The fourth-order valence-corrected chi connectivity index (χ4v) is 2.93. The first-order chi connectivity index (χ1) is 11.6. The van der Waals surface area contributed by atoms with E-state index >= 15 is 0 Å². The van der Waals surface area contributed by atoms with Crippen LogP contribution in [0.15, 0.2) is 42.5 Å². The molecule has 1 N–H and O–H groups in total. The van der Waals surface area contributed by atoms with Gasteiger partial charge >= 0.3 is 5.97 Å². The highest BCUT2D eigenvalue weighted by atomic mass is 16.5. The number of fused-ring (bicyclic) bond motifs is 1. The van der Waals surface area contributed by atoms with Crippen LogP contribution in [0.25, 0.3) is 0 Å². The number of para-hydroxylation sites is 1. The Morgan fingerprint density at radius 2 is 1.88 bits per heavy atom. The molecule has 6 heteroatoms. The SMILES string of the molecule is COc1ccc(C(=O)N2C[C@@H](C(=O)O)c3ccccc32)c(OC)c1. The Balaban J connectivity index is 2.01. The van der Waals surface area contributed by atoms with Crippen molar-refractivity contribution in [1.82, 2.24) is 0 Å². The highest BCUT2D eigenvalue weighted by Gasteiger charge is 2.37. The Labute approximate surface area is 139 Å². The number of methoxy groups -OCH3 is 2. The molecular weight excluding hydrogens is 310 g/mol. The van der Waals surface area contributed by atoms with Gasteiger partial charge in [0.2, 0.25) is 0 Å². The quantitative estimate of drug-likeness (QED) is 0.934. The molecular formula is C18H17NO5. The number of carboxylic acid groups (broad SMARTS) is 1. The van der Waals surface area contributed by atoms with Crippen LogP contribution < -0.4 is 14.4 Å². The number of benzene rings is 2. The molecule has 1 heterocycles. The highest BCUT2D eigenvalue weighted by Crippen LogP contribution is 2.38. The van der Waals surface area contributed by atoms with E-state index in [-0.39, 0.29) is 12.5 Å². The number of carbonyl (C=O) groups excluding carboxylic acids is 1. The summed E-state index contributed by atoms with van der Waals surface area (Å²) in [6.45, 7) is 0.0999. The number of hydrogen-bond acceptors (Lipinski definition) is 4. The van der Waals surface area contributed by atoms with Crippen LogP contribution in [0.4, 0.5) is 5.69 Å². The minimum atomic E-state index is -0.945. The van der Waals surface area contributed by atoms with Gasteiger partial charge in [-0.15, -0.1) is 0 Å². The summed E-state index contributed by atoms with van der Waals surface area (Å²) in [5.74, 6) is -1.01. The van der Waals surface area contributed by atoms with Crippen molar-refractivity contribution in [3.63, 3.8) is 0 Å². The molecule has 124 valence electrons. The number of hydrogen-bond donors (Lipinski definition) is 1. The number of carbonyl (C=O) groups is 2. The fraction of sp³-hybridized carbons (Fsp3) is 0.222. The number of nitrogens with zero attached hydrogens (tertiary/aromatic N) is 1. The molecule has 6 nitrogen and oxygen atoms in total. The molecule has 0 saturated carbocycles. The number of ether oxygens (including phenoxy) is 2. The van der Waals surface area contributed by atoms with E-state index < -0.39 is 11.9 Å². The second-order valence-corrected chi connectivity index (χ2v) is 5.43. The Hall–Kier alpha value is -3.02. The van der Waals surface area contributed by atoms with E-state index in [1.54, 1.807) is 42.5 Å². The maximum Gasteiger partial charge on any atom is 0.312 e. The average molecular weight is 327 g/mol. The van der Waals surface area contributed by atoms with Crippen molar-refractivity contribution in [3.8, 4) is 11.5 Å². The molecule has 0 aliphatic carbocycles. The van der Waals surface area contributed by atoms with Crippen molar-refractivity contribution in [1.29, 1.82) is 0 Å². The summed E-state index contributed by atoms with van der Waals surface area (Å²) in [5, 5.41) is 9.42. The molecule has 3 rings (SSSR count). The molecule has 1 aliphatic heterocycles. The van der Waals surface area contributed by atoms with Crippen molar-refractivity contribution in [2.45, 2.75) is 5.92 Å². The lowest BCUT2D eigenvalue weighted by Gasteiger charge is -2.19. The van der Waals surface area contributed by atoms with E-state index in [1.165, 1.54) is 19.1 Å². The molecule has 2 aromatic carbocycles. The van der Waals surface area contributed by atoms with Gasteiger partial charge in [0.15, 0.2) is 0 Å². The zero-order valence-corrected chi connectivity index (χ0v) is 13.4. The van der Waals surface area contributed by atoms with Gasteiger partial charge in [-0.2, -0.15) is 0 Å². The van der Waals surface area contributed by atoms with Crippen molar-refractivity contribution in [2.75, 3.05) is 25.7 Å². The molecule has 1 atom stereocenters. The second-order valence-electron chi connectivity index (χ2n) is 5.43. The highest BCUT2D eigenvalue weighted by molar-refractivity contribution is 6.10. The summed E-state index contributed by atoms with van der Waals surface area (Å²) in [6, 6.07) is 12.0. The van der Waals surface area contributed by atoms with Crippen molar-refractivity contribution < 1.29 is 24.2 Å². The molecule has 0 spiro atoms. The average Bonchev–Trinajstić information content (AvgIpc) is 3.00. The lowest BCUT2D eigenvalue weighted by molar-refractivity contribution is -0.138. The molecule has 0 bridgehead atoms. The lowest BCUT2D eigenvalue weighted by atomic mass is 10.0. The number of amides is 1. The van der Waals surface area contributed by atoms with Crippen LogP contribution >= 0.6 is 0 Å². The summed E-state index contributed by atoms with van der Waals surface area (Å²) >= 11 is 0. The maximum atomic E-state index is 13.0. The lowest BCUT2D eigenvalue weighted by Crippen LogP contribution is -2.31.